The first-order valence-electron chi connectivity index (χ1n) is 14.2. The molecule has 0 amide bonds. The van der Waals surface area contributed by atoms with E-state index < -0.39 is 28.5 Å². The number of carboxylic acid groups (broad SMARTS) is 1. The summed E-state index contributed by atoms with van der Waals surface area (Å²) in [7, 11) is 1.70. The Morgan fingerprint density at radius 3 is 2.68 bits per heavy atom. The van der Waals surface area contributed by atoms with Crippen molar-refractivity contribution in [3.05, 3.63) is 24.3 Å². The van der Waals surface area contributed by atoms with Crippen LogP contribution in [0.15, 0.2) is 24.3 Å². The molecular formula is C30H45NO6. The molecule has 5 aliphatic rings. The number of carbonyl (C=O) groups is 2. The minimum absolute atomic E-state index is 0.0169. The van der Waals surface area contributed by atoms with Crippen LogP contribution in [0.3, 0.4) is 0 Å². The van der Waals surface area contributed by atoms with Crippen LogP contribution in [0, 0.1) is 45.8 Å². The number of methoxy groups -OCH3 is 1. The molecule has 0 spiro atoms. The van der Waals surface area contributed by atoms with Crippen LogP contribution in [-0.4, -0.2) is 74.1 Å². The Balaban J connectivity index is 1.54. The van der Waals surface area contributed by atoms with Crippen molar-refractivity contribution in [2.75, 3.05) is 33.4 Å². The number of fused-ring (bicyclic) bond motifs is 2. The predicted octanol–water partition coefficient (Wildman–Crippen LogP) is 4.18. The van der Waals surface area contributed by atoms with E-state index >= 15 is 0 Å². The Labute approximate surface area is 221 Å². The molecule has 7 nitrogen and oxygen atoms in total. The van der Waals surface area contributed by atoms with E-state index in [1.165, 1.54) is 0 Å². The van der Waals surface area contributed by atoms with E-state index in [4.69, 9.17) is 14.2 Å². The Kier molecular flexibility index (Phi) is 7.00. The molecule has 0 aromatic carbocycles. The molecule has 4 bridgehead atoms. The van der Waals surface area contributed by atoms with E-state index in [0.29, 0.717) is 37.9 Å². The van der Waals surface area contributed by atoms with E-state index in [-0.39, 0.29) is 36.6 Å². The largest absolute Gasteiger partial charge is 0.481 e. The van der Waals surface area contributed by atoms with E-state index in [1.54, 1.807) is 7.11 Å². The zero-order chi connectivity index (χ0) is 26.8. The standard InChI is InChI=1S/C30H45NO6/c1-7-10-31-14-25(35-6)20(5)37-26(15-31)36-17-29-13-22-19(4)8-9-23(22)28(16-32)12-21(29)11-24(18(2)3)30(28,29)27(33)34/h7,11,16,18-23,25-26H,1,8-10,12-15,17H2,2-6H3,(H,33,34)/t19-,20-,21?,22-,23-,25+,26-,28?,29?,30?/m1/s1. The highest BCUT2D eigenvalue weighted by atomic mass is 16.7. The van der Waals surface area contributed by atoms with E-state index in [2.05, 4.69) is 38.3 Å². The van der Waals surface area contributed by atoms with Gasteiger partial charge in [0.15, 0.2) is 6.29 Å². The maximum Gasteiger partial charge on any atom is 0.315 e. The maximum atomic E-state index is 13.6. The highest BCUT2D eigenvalue weighted by Gasteiger charge is 2.84. The quantitative estimate of drug-likeness (QED) is 0.364. The number of aldehydes is 1. The fourth-order valence-electron chi connectivity index (χ4n) is 9.62. The summed E-state index contributed by atoms with van der Waals surface area (Å²) in [6.45, 7) is 14.6. The molecule has 4 aliphatic carbocycles. The van der Waals surface area contributed by atoms with Gasteiger partial charge in [-0.25, -0.2) is 0 Å². The number of ether oxygens (including phenoxy) is 3. The molecular weight excluding hydrogens is 470 g/mol. The van der Waals surface area contributed by atoms with Crippen LogP contribution in [0.1, 0.15) is 53.4 Å². The SMILES string of the molecule is C=CCN1C[C@H](OCC23C[C@@H]4[C@H](C)CC[C@H]4C4(C=O)CC2C=C(C(C)C)C34C(=O)O)O[C@H](C)[C@@H](OC)C1. The smallest absolute Gasteiger partial charge is 0.315 e. The second-order valence-electron chi connectivity index (χ2n) is 12.8. The molecule has 1 N–H and O–H groups in total. The number of allylic oxidation sites excluding steroid dienone is 1. The first kappa shape index (κ1) is 27.0. The lowest BCUT2D eigenvalue weighted by Gasteiger charge is -2.58. The Morgan fingerprint density at radius 2 is 2.05 bits per heavy atom. The molecule has 5 rings (SSSR count). The number of rotatable bonds is 9. The molecule has 0 aromatic heterocycles. The number of hydrogen-bond donors (Lipinski definition) is 1. The van der Waals surface area contributed by atoms with Crippen LogP contribution >= 0.6 is 0 Å². The molecule has 10 atom stereocenters. The number of hydrogen-bond acceptors (Lipinski definition) is 6. The summed E-state index contributed by atoms with van der Waals surface area (Å²) in [4.78, 5) is 29.0. The highest BCUT2D eigenvalue weighted by molar-refractivity contribution is 5.90. The summed E-state index contributed by atoms with van der Waals surface area (Å²) >= 11 is 0. The maximum absolute atomic E-state index is 13.6. The van der Waals surface area contributed by atoms with Gasteiger partial charge in [0.25, 0.3) is 0 Å². The first-order chi connectivity index (χ1) is 17.6. The van der Waals surface area contributed by atoms with Crippen molar-refractivity contribution in [3.63, 3.8) is 0 Å². The van der Waals surface area contributed by atoms with Gasteiger partial charge < -0.3 is 24.1 Å². The molecule has 1 aliphatic heterocycles. The molecule has 0 radical (unpaired) electrons. The first-order valence-corrected chi connectivity index (χ1v) is 14.2. The lowest BCUT2D eigenvalue weighted by atomic mass is 9.43. The Bertz CT molecular complexity index is 964. The molecule has 4 fully saturated rings. The average molecular weight is 516 g/mol. The van der Waals surface area contributed by atoms with Gasteiger partial charge in [0.1, 0.15) is 11.7 Å². The number of carbonyl (C=O) groups excluding carboxylic acids is 1. The normalized spacial score (nSPS) is 47.0. The molecule has 3 saturated carbocycles. The van der Waals surface area contributed by atoms with Crippen molar-refractivity contribution in [2.45, 2.75) is 71.9 Å². The Hall–Kier alpha value is -1.54. The molecule has 1 heterocycles. The summed E-state index contributed by atoms with van der Waals surface area (Å²) < 4.78 is 18.7. The number of carboxylic acids is 1. The minimum atomic E-state index is -1.22. The summed E-state index contributed by atoms with van der Waals surface area (Å²) in [6.07, 6.45) is 7.79. The summed E-state index contributed by atoms with van der Waals surface area (Å²) in [5, 5.41) is 11.1. The molecule has 0 aromatic rings. The zero-order valence-corrected chi connectivity index (χ0v) is 23.2. The second kappa shape index (κ2) is 9.58. The van der Waals surface area contributed by atoms with Gasteiger partial charge in [0, 0.05) is 32.2 Å². The summed E-state index contributed by atoms with van der Waals surface area (Å²) in [6, 6.07) is 0. The van der Waals surface area contributed by atoms with E-state index in [1.807, 2.05) is 13.0 Å². The van der Waals surface area contributed by atoms with Gasteiger partial charge in [0.2, 0.25) is 0 Å². The fourth-order valence-corrected chi connectivity index (χ4v) is 9.62. The number of aliphatic carboxylic acids is 1. The molecule has 1 saturated heterocycles. The van der Waals surface area contributed by atoms with Crippen LogP contribution < -0.4 is 0 Å². The van der Waals surface area contributed by atoms with Gasteiger partial charge in [-0.3, -0.25) is 9.69 Å². The van der Waals surface area contributed by atoms with Crippen molar-refractivity contribution in [1.82, 2.24) is 4.90 Å². The Morgan fingerprint density at radius 1 is 1.30 bits per heavy atom. The summed E-state index contributed by atoms with van der Waals surface area (Å²) in [5.74, 6) is 0.170. The van der Waals surface area contributed by atoms with Gasteiger partial charge in [0.05, 0.1) is 24.2 Å². The average Bonchev–Trinajstić information content (AvgIpc) is 3.38. The molecule has 37 heavy (non-hydrogen) atoms. The highest BCUT2D eigenvalue weighted by Crippen LogP contribution is 2.82. The summed E-state index contributed by atoms with van der Waals surface area (Å²) in [5.41, 5.74) is -1.81. The second-order valence-corrected chi connectivity index (χ2v) is 12.8. The predicted molar refractivity (Wildman–Crippen MR) is 140 cm³/mol. The van der Waals surface area contributed by atoms with Crippen LogP contribution in [0.5, 0.6) is 0 Å². The molecule has 7 heteroatoms. The van der Waals surface area contributed by atoms with Gasteiger partial charge in [-0.2, -0.15) is 0 Å². The van der Waals surface area contributed by atoms with Gasteiger partial charge in [-0.05, 0) is 55.8 Å². The van der Waals surface area contributed by atoms with Crippen LogP contribution in [0.2, 0.25) is 0 Å². The lowest BCUT2D eigenvalue weighted by Crippen LogP contribution is -2.63. The van der Waals surface area contributed by atoms with E-state index in [0.717, 1.165) is 31.1 Å². The van der Waals surface area contributed by atoms with E-state index in [9.17, 15) is 14.7 Å². The number of nitrogens with zero attached hydrogens (tertiary/aromatic N) is 1. The fraction of sp³-hybridized carbons (Fsp3) is 0.800. The third-order valence-electron chi connectivity index (χ3n) is 11.1. The topological polar surface area (TPSA) is 85.3 Å². The van der Waals surface area contributed by atoms with Crippen molar-refractivity contribution in [3.8, 4) is 0 Å². The van der Waals surface area contributed by atoms with Crippen LogP contribution in [0.25, 0.3) is 0 Å². The third kappa shape index (κ3) is 3.53. The van der Waals surface area contributed by atoms with Gasteiger partial charge in [-0.1, -0.05) is 44.9 Å². The minimum Gasteiger partial charge on any atom is -0.481 e. The zero-order valence-electron chi connectivity index (χ0n) is 23.2. The molecule has 206 valence electrons. The van der Waals surface area contributed by atoms with Crippen molar-refractivity contribution >= 4 is 12.3 Å². The van der Waals surface area contributed by atoms with Gasteiger partial charge >= 0.3 is 5.97 Å². The molecule has 4 unspecified atom stereocenters. The lowest BCUT2D eigenvalue weighted by molar-refractivity contribution is -0.219. The van der Waals surface area contributed by atoms with Crippen LogP contribution in [-0.2, 0) is 23.8 Å². The third-order valence-corrected chi connectivity index (χ3v) is 11.1. The van der Waals surface area contributed by atoms with Gasteiger partial charge in [-0.15, -0.1) is 6.58 Å². The van der Waals surface area contributed by atoms with Crippen molar-refractivity contribution in [2.24, 2.45) is 45.8 Å². The van der Waals surface area contributed by atoms with Crippen molar-refractivity contribution < 1.29 is 28.9 Å². The van der Waals surface area contributed by atoms with Crippen molar-refractivity contribution in [1.29, 1.82) is 0 Å². The van der Waals surface area contributed by atoms with Crippen LogP contribution in [0.4, 0.5) is 0 Å². The monoisotopic (exact) mass is 515 g/mol.